The average Bonchev–Trinajstić information content (AvgIpc) is 2.57. The van der Waals surface area contributed by atoms with Crippen molar-refractivity contribution in [2.24, 2.45) is 11.3 Å². The van der Waals surface area contributed by atoms with Crippen LogP contribution < -0.4 is 0 Å². The van der Waals surface area contributed by atoms with Crippen LogP contribution in [0.25, 0.3) is 0 Å². The van der Waals surface area contributed by atoms with Crippen LogP contribution in [0.2, 0.25) is 0 Å². The fourth-order valence-electron chi connectivity index (χ4n) is 3.70. The van der Waals surface area contributed by atoms with E-state index in [1.54, 1.807) is 6.07 Å². The van der Waals surface area contributed by atoms with Crippen LogP contribution in [-0.4, -0.2) is 29.7 Å². The van der Waals surface area contributed by atoms with Crippen molar-refractivity contribution in [3.8, 4) is 5.75 Å². The van der Waals surface area contributed by atoms with Crippen LogP contribution in [0.4, 0.5) is 4.39 Å². The van der Waals surface area contributed by atoms with Gasteiger partial charge < -0.3 is 19.7 Å². The molecule has 1 aliphatic carbocycles. The molecule has 3 unspecified atom stereocenters. The monoisotopic (exact) mass is 320 g/mol. The maximum Gasteiger partial charge on any atom is 0.165 e. The third kappa shape index (κ3) is 3.03. The van der Waals surface area contributed by atoms with Gasteiger partial charge in [-0.05, 0) is 37.0 Å². The molecule has 124 valence electrons. The van der Waals surface area contributed by atoms with E-state index < -0.39 is 5.82 Å². The van der Waals surface area contributed by atoms with Crippen LogP contribution in [0.1, 0.15) is 37.4 Å². The molecule has 3 atom stereocenters. The lowest BCUT2D eigenvalue weighted by Gasteiger charge is -2.47. The molecule has 0 saturated carbocycles. The normalized spacial score (nSPS) is 29.9. The van der Waals surface area contributed by atoms with Gasteiger partial charge in [-0.1, -0.05) is 17.7 Å². The van der Waals surface area contributed by atoms with Gasteiger partial charge in [0.25, 0.3) is 0 Å². The third-order valence-electron chi connectivity index (χ3n) is 5.05. The van der Waals surface area contributed by atoms with Crippen LogP contribution >= 0.6 is 0 Å². The molecule has 1 fully saturated rings. The van der Waals surface area contributed by atoms with Gasteiger partial charge in [-0.15, -0.1) is 0 Å². The van der Waals surface area contributed by atoms with Gasteiger partial charge >= 0.3 is 0 Å². The van der Waals surface area contributed by atoms with E-state index in [4.69, 9.17) is 4.74 Å². The van der Waals surface area contributed by atoms with Gasteiger partial charge in [0.05, 0.1) is 19.3 Å². The molecule has 1 aromatic carbocycles. The maximum absolute atomic E-state index is 13.7. The Morgan fingerprint density at radius 2 is 2.26 bits per heavy atom. The number of aldehydes is 1. The van der Waals surface area contributed by atoms with Crippen molar-refractivity contribution in [3.63, 3.8) is 0 Å². The quantitative estimate of drug-likeness (QED) is 0.647. The predicted molar refractivity (Wildman–Crippen MR) is 82.4 cm³/mol. The third-order valence-corrected chi connectivity index (χ3v) is 5.05. The molecular weight excluding hydrogens is 299 g/mol. The highest BCUT2D eigenvalue weighted by atomic mass is 19.1. The van der Waals surface area contributed by atoms with Crippen LogP contribution in [0.15, 0.2) is 29.8 Å². The first-order chi connectivity index (χ1) is 11.1. The fourth-order valence-corrected chi connectivity index (χ4v) is 3.70. The molecule has 0 aromatic heterocycles. The number of hydrogen-bond donors (Lipinski definition) is 2. The zero-order chi connectivity index (χ0) is 16.4. The highest BCUT2D eigenvalue weighted by Crippen LogP contribution is 2.51. The Morgan fingerprint density at radius 3 is 2.96 bits per heavy atom. The second kappa shape index (κ2) is 6.42. The molecule has 0 spiro atoms. The topological polar surface area (TPSA) is 66.8 Å². The second-order valence-corrected chi connectivity index (χ2v) is 6.60. The number of aliphatic hydroxyl groups is 1. The minimum atomic E-state index is -0.667. The summed E-state index contributed by atoms with van der Waals surface area (Å²) in [7, 11) is 0. The molecule has 2 aliphatic rings. The van der Waals surface area contributed by atoms with Crippen LogP contribution in [0, 0.1) is 17.2 Å². The minimum Gasteiger partial charge on any atom is -0.505 e. The number of aliphatic hydroxyl groups excluding tert-OH is 1. The van der Waals surface area contributed by atoms with E-state index in [2.05, 4.69) is 6.08 Å². The molecule has 2 bridgehead atoms. The van der Waals surface area contributed by atoms with E-state index in [1.807, 2.05) is 0 Å². The molecule has 1 aliphatic heterocycles. The van der Waals surface area contributed by atoms with E-state index in [-0.39, 0.29) is 29.8 Å². The molecular formula is C18H21FO4. The van der Waals surface area contributed by atoms with Crippen molar-refractivity contribution in [2.75, 3.05) is 13.2 Å². The SMILES string of the molecule is O=CCCC1=CCC2(CO)COC(c3ccc(O)c(F)c3)C1C2. The van der Waals surface area contributed by atoms with E-state index >= 15 is 0 Å². The lowest BCUT2D eigenvalue weighted by Crippen LogP contribution is -2.43. The number of hydrogen-bond acceptors (Lipinski definition) is 4. The average molecular weight is 320 g/mol. The van der Waals surface area contributed by atoms with E-state index in [9.17, 15) is 19.4 Å². The number of carbonyl (C=O) groups excluding carboxylic acids is 1. The molecule has 1 aromatic rings. The number of phenolic OH excluding ortho intramolecular Hbond substituents is 1. The smallest absolute Gasteiger partial charge is 0.165 e. The van der Waals surface area contributed by atoms with Crippen molar-refractivity contribution < 1.29 is 24.1 Å². The van der Waals surface area contributed by atoms with Crippen LogP contribution in [-0.2, 0) is 9.53 Å². The zero-order valence-electron chi connectivity index (χ0n) is 12.9. The lowest BCUT2D eigenvalue weighted by atomic mass is 9.65. The number of halogens is 1. The van der Waals surface area contributed by atoms with Crippen LogP contribution in [0.5, 0.6) is 5.75 Å². The number of aromatic hydroxyl groups is 1. The summed E-state index contributed by atoms with van der Waals surface area (Å²) in [5.74, 6) is -1.03. The Bertz CT molecular complexity index is 627. The summed E-state index contributed by atoms with van der Waals surface area (Å²) in [6.07, 6.45) is 5.31. The van der Waals surface area contributed by atoms with Crippen molar-refractivity contribution in [3.05, 3.63) is 41.2 Å². The summed E-state index contributed by atoms with van der Waals surface area (Å²) < 4.78 is 19.7. The van der Waals surface area contributed by atoms with Gasteiger partial charge in [-0.25, -0.2) is 4.39 Å². The van der Waals surface area contributed by atoms with Gasteiger partial charge in [0.15, 0.2) is 11.6 Å². The van der Waals surface area contributed by atoms with E-state index in [1.165, 1.54) is 12.1 Å². The number of ether oxygens (including phenoxy) is 1. The van der Waals surface area contributed by atoms with Crippen molar-refractivity contribution in [2.45, 2.75) is 31.8 Å². The number of fused-ring (bicyclic) bond motifs is 2. The highest BCUT2D eigenvalue weighted by Gasteiger charge is 2.45. The van der Waals surface area contributed by atoms with Crippen molar-refractivity contribution in [1.82, 2.24) is 0 Å². The minimum absolute atomic E-state index is 0.0218. The summed E-state index contributed by atoms with van der Waals surface area (Å²) >= 11 is 0. The lowest BCUT2D eigenvalue weighted by molar-refractivity contribution is -0.115. The largest absolute Gasteiger partial charge is 0.505 e. The molecule has 1 saturated heterocycles. The Kier molecular flexibility index (Phi) is 4.50. The Balaban J connectivity index is 1.92. The molecule has 4 nitrogen and oxygen atoms in total. The summed E-state index contributed by atoms with van der Waals surface area (Å²) in [4.78, 5) is 10.7. The molecule has 0 amide bonds. The number of allylic oxidation sites excluding steroid dienone is 1. The van der Waals surface area contributed by atoms with Gasteiger partial charge in [0.1, 0.15) is 6.29 Å². The molecule has 5 heteroatoms. The summed E-state index contributed by atoms with van der Waals surface area (Å²) in [6.45, 7) is 0.474. The van der Waals surface area contributed by atoms with Gasteiger partial charge in [-0.3, -0.25) is 0 Å². The van der Waals surface area contributed by atoms with Crippen molar-refractivity contribution >= 4 is 6.29 Å². The molecule has 2 N–H and O–H groups in total. The van der Waals surface area contributed by atoms with Crippen LogP contribution in [0.3, 0.4) is 0 Å². The first-order valence-corrected chi connectivity index (χ1v) is 7.92. The van der Waals surface area contributed by atoms with Gasteiger partial charge in [0, 0.05) is 17.8 Å². The maximum atomic E-state index is 13.7. The summed E-state index contributed by atoms with van der Waals surface area (Å²) in [6, 6.07) is 4.30. The molecule has 23 heavy (non-hydrogen) atoms. The molecule has 0 radical (unpaired) electrons. The highest BCUT2D eigenvalue weighted by molar-refractivity contribution is 5.50. The zero-order valence-corrected chi connectivity index (χ0v) is 12.9. The number of carbonyl (C=O) groups is 1. The Labute approximate surface area is 134 Å². The number of phenols is 1. The first kappa shape index (κ1) is 16.1. The predicted octanol–water partition coefficient (Wildman–Crippen LogP) is 2.90. The summed E-state index contributed by atoms with van der Waals surface area (Å²) in [5, 5.41) is 19.1. The van der Waals surface area contributed by atoms with Gasteiger partial charge in [-0.2, -0.15) is 0 Å². The molecule has 3 rings (SSSR count). The van der Waals surface area contributed by atoms with Crippen molar-refractivity contribution in [1.29, 1.82) is 0 Å². The Hall–Kier alpha value is -1.72. The first-order valence-electron chi connectivity index (χ1n) is 7.92. The Morgan fingerprint density at radius 1 is 1.43 bits per heavy atom. The standard InChI is InChI=1S/C18H21FO4/c19-15-8-13(3-4-16(15)22)17-14-9-18(10-21,11-23-17)6-5-12(14)2-1-7-20/h3-5,7-8,14,17,21-22H,1-2,6,9-11H2. The van der Waals surface area contributed by atoms with E-state index in [0.29, 0.717) is 25.0 Å². The second-order valence-electron chi connectivity index (χ2n) is 6.60. The van der Waals surface area contributed by atoms with Gasteiger partial charge in [0.2, 0.25) is 0 Å². The summed E-state index contributed by atoms with van der Waals surface area (Å²) in [5.41, 5.74) is 1.54. The fraction of sp³-hybridized carbons (Fsp3) is 0.500. The van der Waals surface area contributed by atoms with E-state index in [0.717, 1.165) is 24.7 Å². The number of benzene rings is 1. The molecule has 1 heterocycles. The number of rotatable bonds is 5.